The van der Waals surface area contributed by atoms with Gasteiger partial charge in [-0.05, 0) is 24.3 Å². The van der Waals surface area contributed by atoms with Gasteiger partial charge in [0, 0.05) is 4.47 Å². The molecule has 0 fully saturated rings. The van der Waals surface area contributed by atoms with Gasteiger partial charge < -0.3 is 10.2 Å². The summed E-state index contributed by atoms with van der Waals surface area (Å²) in [5.74, 6) is -1.46. The van der Waals surface area contributed by atoms with Crippen molar-refractivity contribution < 1.29 is 19.0 Å². The van der Waals surface area contributed by atoms with E-state index < -0.39 is 29.4 Å². The lowest BCUT2D eigenvalue weighted by atomic mass is 10.0. The quantitative estimate of drug-likeness (QED) is 0.747. The standard InChI is InChI=1S/C10H11BrF2O2S/c11-5-3-6(12)9(7(13)4-5)10(15)8(14)1-2-16/h3-4,8,10,14-16H,1-2H2. The summed E-state index contributed by atoms with van der Waals surface area (Å²) in [6.45, 7) is 0. The van der Waals surface area contributed by atoms with E-state index in [1.807, 2.05) is 0 Å². The Morgan fingerprint density at radius 3 is 2.19 bits per heavy atom. The molecular weight excluding hydrogens is 302 g/mol. The minimum absolute atomic E-state index is 0.152. The Bertz CT molecular complexity index is 353. The van der Waals surface area contributed by atoms with E-state index in [1.165, 1.54) is 0 Å². The van der Waals surface area contributed by atoms with Gasteiger partial charge in [-0.1, -0.05) is 15.9 Å². The van der Waals surface area contributed by atoms with Crippen molar-refractivity contribution in [2.75, 3.05) is 5.75 Å². The number of hydrogen-bond acceptors (Lipinski definition) is 3. The number of aliphatic hydroxyl groups excluding tert-OH is 2. The number of benzene rings is 1. The van der Waals surface area contributed by atoms with E-state index in [2.05, 4.69) is 28.6 Å². The number of hydrogen-bond donors (Lipinski definition) is 3. The van der Waals surface area contributed by atoms with Crippen LogP contribution in [-0.2, 0) is 0 Å². The van der Waals surface area contributed by atoms with Crippen LogP contribution in [-0.4, -0.2) is 22.1 Å². The largest absolute Gasteiger partial charge is 0.390 e. The molecule has 0 aliphatic carbocycles. The third kappa shape index (κ3) is 3.16. The molecule has 1 rings (SSSR count). The highest BCUT2D eigenvalue weighted by Gasteiger charge is 2.24. The molecule has 2 nitrogen and oxygen atoms in total. The van der Waals surface area contributed by atoms with Gasteiger partial charge in [0.2, 0.25) is 0 Å². The molecule has 0 aliphatic heterocycles. The summed E-state index contributed by atoms with van der Waals surface area (Å²) in [6.07, 6.45) is -2.66. The molecule has 0 spiro atoms. The van der Waals surface area contributed by atoms with Crippen LogP contribution < -0.4 is 0 Å². The van der Waals surface area contributed by atoms with Gasteiger partial charge in [-0.3, -0.25) is 0 Å². The van der Waals surface area contributed by atoms with Crippen LogP contribution in [0.15, 0.2) is 16.6 Å². The van der Waals surface area contributed by atoms with Crippen molar-refractivity contribution >= 4 is 28.6 Å². The molecule has 2 N–H and O–H groups in total. The number of aliphatic hydroxyl groups is 2. The van der Waals surface area contributed by atoms with Crippen molar-refractivity contribution in [1.82, 2.24) is 0 Å². The molecule has 0 bridgehead atoms. The Balaban J connectivity index is 3.03. The first-order chi connectivity index (χ1) is 7.47. The second-order valence-electron chi connectivity index (χ2n) is 3.31. The first-order valence-corrected chi connectivity index (χ1v) is 6.01. The van der Waals surface area contributed by atoms with Crippen molar-refractivity contribution in [2.45, 2.75) is 18.6 Å². The maximum atomic E-state index is 13.4. The summed E-state index contributed by atoms with van der Waals surface area (Å²) in [4.78, 5) is 0. The molecule has 0 amide bonds. The molecule has 0 saturated carbocycles. The second-order valence-corrected chi connectivity index (χ2v) is 4.67. The van der Waals surface area contributed by atoms with Crippen LogP contribution in [0.5, 0.6) is 0 Å². The molecule has 90 valence electrons. The highest BCUT2D eigenvalue weighted by molar-refractivity contribution is 9.10. The molecule has 1 aromatic rings. The van der Waals surface area contributed by atoms with Crippen LogP contribution in [0.4, 0.5) is 8.78 Å². The van der Waals surface area contributed by atoms with Crippen molar-refractivity contribution in [1.29, 1.82) is 0 Å². The fourth-order valence-corrected chi connectivity index (χ4v) is 1.98. The minimum atomic E-state index is -1.58. The molecule has 0 heterocycles. The Morgan fingerprint density at radius 2 is 1.75 bits per heavy atom. The van der Waals surface area contributed by atoms with Gasteiger partial charge in [0.15, 0.2) is 0 Å². The van der Waals surface area contributed by atoms with Crippen LogP contribution in [0.1, 0.15) is 18.1 Å². The summed E-state index contributed by atoms with van der Waals surface area (Å²) in [7, 11) is 0. The summed E-state index contributed by atoms with van der Waals surface area (Å²) in [5.41, 5.74) is -0.516. The van der Waals surface area contributed by atoms with Crippen LogP contribution in [0.2, 0.25) is 0 Å². The van der Waals surface area contributed by atoms with Crippen molar-refractivity contribution in [3.8, 4) is 0 Å². The smallest absolute Gasteiger partial charge is 0.133 e. The molecule has 6 heteroatoms. The average Bonchev–Trinajstić information content (AvgIpc) is 2.16. The molecule has 16 heavy (non-hydrogen) atoms. The second kappa shape index (κ2) is 5.95. The van der Waals surface area contributed by atoms with E-state index in [0.717, 1.165) is 12.1 Å². The average molecular weight is 313 g/mol. The van der Waals surface area contributed by atoms with Gasteiger partial charge >= 0.3 is 0 Å². The van der Waals surface area contributed by atoms with Gasteiger partial charge in [-0.25, -0.2) is 8.78 Å². The van der Waals surface area contributed by atoms with Gasteiger partial charge in [0.25, 0.3) is 0 Å². The predicted octanol–water partition coefficient (Wildman–Crippen LogP) is 2.44. The molecule has 2 atom stereocenters. The molecule has 0 radical (unpaired) electrons. The number of thiol groups is 1. The molecular formula is C10H11BrF2O2S. The molecule has 1 aromatic carbocycles. The highest BCUT2D eigenvalue weighted by Crippen LogP contribution is 2.27. The van der Waals surface area contributed by atoms with Crippen LogP contribution in [0, 0.1) is 11.6 Å². The van der Waals surface area contributed by atoms with E-state index in [4.69, 9.17) is 0 Å². The third-order valence-electron chi connectivity index (χ3n) is 2.13. The zero-order chi connectivity index (χ0) is 12.3. The van der Waals surface area contributed by atoms with Crippen LogP contribution >= 0.6 is 28.6 Å². The number of rotatable bonds is 4. The van der Waals surface area contributed by atoms with E-state index in [1.54, 1.807) is 0 Å². The molecule has 0 aliphatic rings. The summed E-state index contributed by atoms with van der Waals surface area (Å²) >= 11 is 6.80. The monoisotopic (exact) mass is 312 g/mol. The highest BCUT2D eigenvalue weighted by atomic mass is 79.9. The lowest BCUT2D eigenvalue weighted by Gasteiger charge is -2.18. The van der Waals surface area contributed by atoms with E-state index >= 15 is 0 Å². The Hall–Kier alpha value is -0.170. The first-order valence-electron chi connectivity index (χ1n) is 4.58. The van der Waals surface area contributed by atoms with Gasteiger partial charge in [0.05, 0.1) is 11.7 Å². The maximum absolute atomic E-state index is 13.4. The summed E-state index contributed by atoms with van der Waals surface area (Å²) in [6, 6.07) is 2.07. The third-order valence-corrected chi connectivity index (χ3v) is 2.84. The van der Waals surface area contributed by atoms with Gasteiger partial charge in [-0.15, -0.1) is 0 Å². The Morgan fingerprint density at radius 1 is 1.25 bits per heavy atom. The first kappa shape index (κ1) is 13.9. The summed E-state index contributed by atoms with van der Waals surface area (Å²) in [5, 5.41) is 19.0. The lowest BCUT2D eigenvalue weighted by molar-refractivity contribution is 0.0129. The van der Waals surface area contributed by atoms with Gasteiger partial charge in [-0.2, -0.15) is 12.6 Å². The van der Waals surface area contributed by atoms with Crippen molar-refractivity contribution in [3.63, 3.8) is 0 Å². The van der Waals surface area contributed by atoms with Crippen LogP contribution in [0.3, 0.4) is 0 Å². The van der Waals surface area contributed by atoms with E-state index in [9.17, 15) is 19.0 Å². The van der Waals surface area contributed by atoms with Crippen LogP contribution in [0.25, 0.3) is 0 Å². The topological polar surface area (TPSA) is 40.5 Å². The molecule has 0 saturated heterocycles. The molecule has 2 unspecified atom stereocenters. The normalized spacial score (nSPS) is 14.9. The fraction of sp³-hybridized carbons (Fsp3) is 0.400. The minimum Gasteiger partial charge on any atom is -0.390 e. The maximum Gasteiger partial charge on any atom is 0.133 e. The van der Waals surface area contributed by atoms with Crippen molar-refractivity contribution in [3.05, 3.63) is 33.8 Å². The summed E-state index contributed by atoms with van der Waals surface area (Å²) < 4.78 is 27.0. The number of halogens is 3. The van der Waals surface area contributed by atoms with Gasteiger partial charge in [0.1, 0.15) is 17.7 Å². The molecule has 0 aromatic heterocycles. The Labute approximate surface area is 106 Å². The Kier molecular flexibility index (Phi) is 5.17. The van der Waals surface area contributed by atoms with E-state index in [-0.39, 0.29) is 10.9 Å². The predicted molar refractivity (Wildman–Crippen MR) is 63.5 cm³/mol. The van der Waals surface area contributed by atoms with Crippen molar-refractivity contribution in [2.24, 2.45) is 0 Å². The zero-order valence-electron chi connectivity index (χ0n) is 8.20. The SMILES string of the molecule is OC(CCS)C(O)c1c(F)cc(Br)cc1F. The zero-order valence-corrected chi connectivity index (χ0v) is 10.7. The van der Waals surface area contributed by atoms with E-state index in [0.29, 0.717) is 5.75 Å². The lowest BCUT2D eigenvalue weighted by Crippen LogP contribution is -2.21. The fourth-order valence-electron chi connectivity index (χ4n) is 1.32.